The van der Waals surface area contributed by atoms with Crippen LogP contribution in [0.1, 0.15) is 38.7 Å². The summed E-state index contributed by atoms with van der Waals surface area (Å²) in [6.45, 7) is 6.62. The van der Waals surface area contributed by atoms with Gasteiger partial charge in [-0.3, -0.25) is 4.79 Å². The molecular weight excluding hydrogens is 224 g/mol. The topological polar surface area (TPSA) is 32.3 Å². The molecule has 1 fully saturated rings. The van der Waals surface area contributed by atoms with Crippen LogP contribution in [0.2, 0.25) is 0 Å². The Balaban J connectivity index is 2.01. The van der Waals surface area contributed by atoms with Crippen LogP contribution in [0.15, 0.2) is 18.2 Å². The molecule has 0 saturated carbocycles. The second kappa shape index (κ2) is 4.01. The Kier molecular flexibility index (Phi) is 2.58. The zero-order valence-corrected chi connectivity index (χ0v) is 11.1. The third-order valence-corrected chi connectivity index (χ3v) is 4.08. The number of anilines is 2. The Labute approximate surface area is 108 Å². The molecule has 3 heteroatoms. The van der Waals surface area contributed by atoms with E-state index in [1.165, 1.54) is 24.1 Å². The largest absolute Gasteiger partial charge is 0.372 e. The molecule has 0 atom stereocenters. The van der Waals surface area contributed by atoms with Gasteiger partial charge in [-0.05, 0) is 36.6 Å². The number of carbonyl (C=O) groups is 1. The minimum absolute atomic E-state index is 0.0621. The van der Waals surface area contributed by atoms with Gasteiger partial charge < -0.3 is 10.2 Å². The van der Waals surface area contributed by atoms with Gasteiger partial charge in [-0.1, -0.05) is 13.8 Å². The smallest absolute Gasteiger partial charge is 0.225 e. The Morgan fingerprint density at radius 1 is 1.22 bits per heavy atom. The average molecular weight is 244 g/mol. The molecule has 1 aromatic rings. The van der Waals surface area contributed by atoms with E-state index in [1.54, 1.807) is 0 Å². The average Bonchev–Trinajstić information content (AvgIpc) is 2.81. The highest BCUT2D eigenvalue weighted by Crippen LogP contribution is 2.39. The molecule has 1 N–H and O–H groups in total. The van der Waals surface area contributed by atoms with Gasteiger partial charge in [-0.25, -0.2) is 0 Å². The predicted molar refractivity (Wildman–Crippen MR) is 74.2 cm³/mol. The van der Waals surface area contributed by atoms with Crippen molar-refractivity contribution in [1.29, 1.82) is 0 Å². The molecule has 1 amide bonds. The van der Waals surface area contributed by atoms with Crippen molar-refractivity contribution >= 4 is 17.3 Å². The molecular formula is C15H20N2O. The lowest BCUT2D eigenvalue weighted by Crippen LogP contribution is -2.32. The Morgan fingerprint density at radius 2 is 1.94 bits per heavy atom. The SMILES string of the molecule is CC1(C)CC(=O)Nc2ccc(N3CCCC3)cc21. The third kappa shape index (κ3) is 1.88. The van der Waals surface area contributed by atoms with Crippen molar-refractivity contribution in [3.05, 3.63) is 23.8 Å². The van der Waals surface area contributed by atoms with Crippen molar-refractivity contribution in [2.24, 2.45) is 0 Å². The standard InChI is InChI=1S/C15H20N2O/c1-15(2)10-14(18)16-13-6-5-11(9-12(13)15)17-7-3-4-8-17/h5-6,9H,3-4,7-8,10H2,1-2H3,(H,16,18). The lowest BCUT2D eigenvalue weighted by Gasteiger charge is -2.33. The molecule has 2 aliphatic heterocycles. The molecule has 2 aliphatic rings. The van der Waals surface area contributed by atoms with E-state index in [1.807, 2.05) is 0 Å². The Bertz CT molecular complexity index is 487. The summed E-state index contributed by atoms with van der Waals surface area (Å²) < 4.78 is 0. The van der Waals surface area contributed by atoms with Crippen LogP contribution < -0.4 is 10.2 Å². The van der Waals surface area contributed by atoms with Crippen molar-refractivity contribution in [3.63, 3.8) is 0 Å². The van der Waals surface area contributed by atoms with Crippen LogP contribution in [-0.2, 0) is 10.2 Å². The molecule has 18 heavy (non-hydrogen) atoms. The summed E-state index contributed by atoms with van der Waals surface area (Å²) >= 11 is 0. The number of nitrogens with zero attached hydrogens (tertiary/aromatic N) is 1. The quantitative estimate of drug-likeness (QED) is 0.823. The van der Waals surface area contributed by atoms with Gasteiger partial charge >= 0.3 is 0 Å². The first kappa shape index (κ1) is 11.6. The molecule has 0 aromatic heterocycles. The first-order chi connectivity index (χ1) is 8.56. The highest BCUT2D eigenvalue weighted by Gasteiger charge is 2.32. The van der Waals surface area contributed by atoms with Crippen LogP contribution in [0.25, 0.3) is 0 Å². The van der Waals surface area contributed by atoms with Crippen LogP contribution >= 0.6 is 0 Å². The summed E-state index contributed by atoms with van der Waals surface area (Å²) in [7, 11) is 0. The maximum absolute atomic E-state index is 11.7. The van der Waals surface area contributed by atoms with Crippen molar-refractivity contribution in [3.8, 4) is 0 Å². The molecule has 0 unspecified atom stereocenters. The van der Waals surface area contributed by atoms with Gasteiger partial charge in [0.2, 0.25) is 5.91 Å². The zero-order chi connectivity index (χ0) is 12.8. The fraction of sp³-hybridized carbons (Fsp3) is 0.533. The van der Waals surface area contributed by atoms with Gasteiger partial charge in [-0.2, -0.15) is 0 Å². The Hall–Kier alpha value is -1.51. The van der Waals surface area contributed by atoms with Crippen LogP contribution in [0.4, 0.5) is 11.4 Å². The van der Waals surface area contributed by atoms with E-state index in [2.05, 4.69) is 42.3 Å². The van der Waals surface area contributed by atoms with E-state index in [-0.39, 0.29) is 11.3 Å². The minimum Gasteiger partial charge on any atom is -0.372 e. The lowest BCUT2D eigenvalue weighted by molar-refractivity contribution is -0.117. The van der Waals surface area contributed by atoms with E-state index in [0.717, 1.165) is 18.8 Å². The van der Waals surface area contributed by atoms with E-state index < -0.39 is 0 Å². The maximum atomic E-state index is 11.7. The highest BCUT2D eigenvalue weighted by molar-refractivity contribution is 5.95. The molecule has 2 heterocycles. The fourth-order valence-corrected chi connectivity index (χ4v) is 3.06. The van der Waals surface area contributed by atoms with Crippen molar-refractivity contribution in [2.45, 2.75) is 38.5 Å². The molecule has 0 spiro atoms. The molecule has 1 aromatic carbocycles. The number of benzene rings is 1. The van der Waals surface area contributed by atoms with Gasteiger partial charge in [0.25, 0.3) is 0 Å². The van der Waals surface area contributed by atoms with E-state index in [4.69, 9.17) is 0 Å². The summed E-state index contributed by atoms with van der Waals surface area (Å²) in [6, 6.07) is 6.45. The summed E-state index contributed by atoms with van der Waals surface area (Å²) in [6.07, 6.45) is 3.15. The van der Waals surface area contributed by atoms with Gasteiger partial charge in [0.1, 0.15) is 0 Å². The third-order valence-electron chi connectivity index (χ3n) is 4.08. The number of hydrogen-bond donors (Lipinski definition) is 1. The maximum Gasteiger partial charge on any atom is 0.225 e. The lowest BCUT2D eigenvalue weighted by atomic mass is 9.78. The first-order valence-corrected chi connectivity index (χ1v) is 6.76. The van der Waals surface area contributed by atoms with Crippen molar-refractivity contribution < 1.29 is 4.79 Å². The van der Waals surface area contributed by atoms with Crippen LogP contribution in [0.5, 0.6) is 0 Å². The van der Waals surface area contributed by atoms with Gasteiger partial charge in [0.15, 0.2) is 0 Å². The minimum atomic E-state index is -0.0621. The summed E-state index contributed by atoms with van der Waals surface area (Å²) in [5.41, 5.74) is 3.49. The summed E-state index contributed by atoms with van der Waals surface area (Å²) in [5.74, 6) is 0.126. The van der Waals surface area contributed by atoms with Gasteiger partial charge in [0, 0.05) is 36.3 Å². The van der Waals surface area contributed by atoms with Gasteiger partial charge in [0.05, 0.1) is 0 Å². The predicted octanol–water partition coefficient (Wildman–Crippen LogP) is 2.91. The number of fused-ring (bicyclic) bond motifs is 1. The van der Waals surface area contributed by atoms with Gasteiger partial charge in [-0.15, -0.1) is 0 Å². The molecule has 96 valence electrons. The van der Waals surface area contributed by atoms with Crippen LogP contribution in [0, 0.1) is 0 Å². The molecule has 3 nitrogen and oxygen atoms in total. The van der Waals surface area contributed by atoms with Crippen molar-refractivity contribution in [1.82, 2.24) is 0 Å². The summed E-state index contributed by atoms with van der Waals surface area (Å²) in [5, 5.41) is 2.98. The monoisotopic (exact) mass is 244 g/mol. The number of carbonyl (C=O) groups excluding carboxylic acids is 1. The summed E-state index contributed by atoms with van der Waals surface area (Å²) in [4.78, 5) is 14.1. The number of hydrogen-bond acceptors (Lipinski definition) is 2. The Morgan fingerprint density at radius 3 is 2.67 bits per heavy atom. The zero-order valence-electron chi connectivity index (χ0n) is 11.1. The fourth-order valence-electron chi connectivity index (χ4n) is 3.06. The second-order valence-electron chi connectivity index (χ2n) is 6.03. The molecule has 0 aliphatic carbocycles. The molecule has 1 saturated heterocycles. The number of nitrogens with one attached hydrogen (secondary N) is 1. The van der Waals surface area contributed by atoms with Crippen LogP contribution in [-0.4, -0.2) is 19.0 Å². The van der Waals surface area contributed by atoms with E-state index in [0.29, 0.717) is 6.42 Å². The first-order valence-electron chi connectivity index (χ1n) is 6.76. The number of amides is 1. The molecule has 3 rings (SSSR count). The molecule has 0 bridgehead atoms. The highest BCUT2D eigenvalue weighted by atomic mass is 16.1. The van der Waals surface area contributed by atoms with Crippen LogP contribution in [0.3, 0.4) is 0 Å². The van der Waals surface area contributed by atoms with E-state index >= 15 is 0 Å². The number of rotatable bonds is 1. The normalized spacial score (nSPS) is 21.7. The second-order valence-corrected chi connectivity index (χ2v) is 6.03. The van der Waals surface area contributed by atoms with E-state index in [9.17, 15) is 4.79 Å². The molecule has 0 radical (unpaired) electrons. The van der Waals surface area contributed by atoms with Crippen molar-refractivity contribution in [2.75, 3.05) is 23.3 Å².